The van der Waals surface area contributed by atoms with Gasteiger partial charge in [-0.05, 0) is 43.2 Å². The van der Waals surface area contributed by atoms with Gasteiger partial charge in [0.2, 0.25) is 11.9 Å². The highest BCUT2D eigenvalue weighted by Gasteiger charge is 2.13. The summed E-state index contributed by atoms with van der Waals surface area (Å²) in [6.45, 7) is 3.52. The highest BCUT2D eigenvalue weighted by molar-refractivity contribution is 5.63. The third-order valence-corrected chi connectivity index (χ3v) is 2.31. The Hall–Kier alpha value is -1.84. The second-order valence-corrected chi connectivity index (χ2v) is 3.65. The number of halogens is 2. The molecular weight excluding hydrogens is 210 g/mol. The number of hydrogen-bond donors (Lipinski definition) is 0. The number of rotatable bonds is 1. The van der Waals surface area contributed by atoms with Crippen molar-refractivity contribution in [2.75, 3.05) is 0 Å². The molecule has 0 aliphatic heterocycles. The molecule has 0 spiro atoms. The van der Waals surface area contributed by atoms with Crippen molar-refractivity contribution < 1.29 is 8.78 Å². The van der Waals surface area contributed by atoms with Gasteiger partial charge in [-0.2, -0.15) is 13.8 Å². The van der Waals surface area contributed by atoms with Crippen LogP contribution in [0.15, 0.2) is 24.4 Å². The lowest BCUT2D eigenvalue weighted by Gasteiger charge is -2.06. The van der Waals surface area contributed by atoms with Gasteiger partial charge in [0.25, 0.3) is 0 Å². The lowest BCUT2D eigenvalue weighted by Crippen LogP contribution is -1.98. The van der Waals surface area contributed by atoms with Gasteiger partial charge in [-0.3, -0.25) is 4.98 Å². The van der Waals surface area contributed by atoms with Crippen LogP contribution < -0.4 is 0 Å². The second-order valence-electron chi connectivity index (χ2n) is 3.65. The molecule has 16 heavy (non-hydrogen) atoms. The van der Waals surface area contributed by atoms with E-state index in [1.165, 1.54) is 6.07 Å². The zero-order valence-electron chi connectivity index (χ0n) is 8.96. The maximum atomic E-state index is 13.5. The quantitative estimate of drug-likeness (QED) is 0.690. The van der Waals surface area contributed by atoms with Crippen molar-refractivity contribution >= 4 is 0 Å². The molecule has 0 radical (unpaired) electrons. The fourth-order valence-corrected chi connectivity index (χ4v) is 1.58. The summed E-state index contributed by atoms with van der Waals surface area (Å²) in [7, 11) is 0. The lowest BCUT2D eigenvalue weighted by molar-refractivity contribution is 0.513. The summed E-state index contributed by atoms with van der Waals surface area (Å²) >= 11 is 0. The third kappa shape index (κ3) is 1.91. The van der Waals surface area contributed by atoms with E-state index in [-0.39, 0.29) is 5.56 Å². The van der Waals surface area contributed by atoms with E-state index in [9.17, 15) is 8.78 Å². The Morgan fingerprint density at radius 3 is 2.50 bits per heavy atom. The van der Waals surface area contributed by atoms with E-state index >= 15 is 0 Å². The molecule has 0 aliphatic carbocycles. The fraction of sp³-hybridized carbons (Fsp3) is 0.167. The minimum absolute atomic E-state index is 0.255. The molecule has 2 heterocycles. The molecule has 82 valence electrons. The maximum absolute atomic E-state index is 13.5. The smallest absolute Gasteiger partial charge is 0.225 e. The molecule has 2 rings (SSSR count). The van der Waals surface area contributed by atoms with Crippen molar-refractivity contribution in [2.24, 2.45) is 0 Å². The van der Waals surface area contributed by atoms with Crippen molar-refractivity contribution in [3.05, 3.63) is 47.4 Å². The molecule has 0 saturated carbocycles. The Balaban J connectivity index is 2.64. The Kier molecular flexibility index (Phi) is 2.64. The molecule has 0 bridgehead atoms. The van der Waals surface area contributed by atoms with Gasteiger partial charge in [0, 0.05) is 6.20 Å². The van der Waals surface area contributed by atoms with Crippen LogP contribution in [-0.4, -0.2) is 9.97 Å². The van der Waals surface area contributed by atoms with E-state index in [1.807, 2.05) is 13.0 Å². The summed E-state index contributed by atoms with van der Waals surface area (Å²) in [6, 6.07) is 4.75. The van der Waals surface area contributed by atoms with E-state index in [4.69, 9.17) is 0 Å². The number of hydrogen-bond acceptors (Lipinski definition) is 2. The average molecular weight is 220 g/mol. The molecule has 4 heteroatoms. The first kappa shape index (κ1) is 10.7. The Labute approximate surface area is 92.0 Å². The van der Waals surface area contributed by atoms with Crippen LogP contribution in [-0.2, 0) is 0 Å². The van der Waals surface area contributed by atoms with Gasteiger partial charge in [-0.15, -0.1) is 0 Å². The molecule has 0 aliphatic rings. The average Bonchev–Trinajstić information content (AvgIpc) is 2.15. The first-order valence-corrected chi connectivity index (χ1v) is 4.83. The SMILES string of the molecule is Cc1ccnc(-c2c(C)cc(F)nc2F)c1. The summed E-state index contributed by atoms with van der Waals surface area (Å²) < 4.78 is 26.4. The molecule has 0 aromatic carbocycles. The molecular formula is C12H10F2N2. The van der Waals surface area contributed by atoms with Crippen LogP contribution in [0.3, 0.4) is 0 Å². The van der Waals surface area contributed by atoms with Crippen molar-refractivity contribution in [1.82, 2.24) is 9.97 Å². The van der Waals surface area contributed by atoms with Gasteiger partial charge in [0.1, 0.15) is 0 Å². The molecule has 0 atom stereocenters. The number of nitrogens with zero attached hydrogens (tertiary/aromatic N) is 2. The Morgan fingerprint density at radius 2 is 1.88 bits per heavy atom. The van der Waals surface area contributed by atoms with Crippen molar-refractivity contribution in [1.29, 1.82) is 0 Å². The highest BCUT2D eigenvalue weighted by atomic mass is 19.1. The molecule has 2 aromatic rings. The second kappa shape index (κ2) is 3.96. The van der Waals surface area contributed by atoms with Gasteiger partial charge >= 0.3 is 0 Å². The van der Waals surface area contributed by atoms with E-state index in [2.05, 4.69) is 9.97 Å². The summed E-state index contributed by atoms with van der Waals surface area (Å²) in [5, 5.41) is 0. The first-order chi connectivity index (χ1) is 7.58. The summed E-state index contributed by atoms with van der Waals surface area (Å²) in [5.74, 6) is -1.64. The van der Waals surface area contributed by atoms with Gasteiger partial charge in [0.05, 0.1) is 11.3 Å². The van der Waals surface area contributed by atoms with Crippen LogP contribution in [0.25, 0.3) is 11.3 Å². The van der Waals surface area contributed by atoms with Crippen LogP contribution in [0.2, 0.25) is 0 Å². The van der Waals surface area contributed by atoms with Gasteiger partial charge in [-0.25, -0.2) is 0 Å². The van der Waals surface area contributed by atoms with E-state index in [0.29, 0.717) is 11.3 Å². The minimum atomic E-state index is -0.824. The van der Waals surface area contributed by atoms with Crippen LogP contribution in [0.5, 0.6) is 0 Å². The van der Waals surface area contributed by atoms with E-state index in [0.717, 1.165) is 5.56 Å². The van der Waals surface area contributed by atoms with Crippen LogP contribution >= 0.6 is 0 Å². The number of aromatic nitrogens is 2. The van der Waals surface area contributed by atoms with Crippen LogP contribution in [0.1, 0.15) is 11.1 Å². The zero-order valence-corrected chi connectivity index (χ0v) is 8.96. The Morgan fingerprint density at radius 1 is 1.12 bits per heavy atom. The molecule has 2 nitrogen and oxygen atoms in total. The topological polar surface area (TPSA) is 25.8 Å². The third-order valence-electron chi connectivity index (χ3n) is 2.31. The molecule has 0 unspecified atom stereocenters. The largest absolute Gasteiger partial charge is 0.256 e. The predicted molar refractivity (Wildman–Crippen MR) is 56.9 cm³/mol. The monoisotopic (exact) mass is 220 g/mol. The van der Waals surface area contributed by atoms with Crippen molar-refractivity contribution in [2.45, 2.75) is 13.8 Å². The summed E-state index contributed by atoms with van der Waals surface area (Å²) in [5.41, 5.74) is 2.18. The minimum Gasteiger partial charge on any atom is -0.256 e. The highest BCUT2D eigenvalue weighted by Crippen LogP contribution is 2.24. The van der Waals surface area contributed by atoms with Gasteiger partial charge < -0.3 is 0 Å². The molecule has 2 aromatic heterocycles. The molecule has 0 amide bonds. The summed E-state index contributed by atoms with van der Waals surface area (Å²) in [6.07, 6.45) is 1.59. The molecule has 0 saturated heterocycles. The van der Waals surface area contributed by atoms with Crippen molar-refractivity contribution in [3.8, 4) is 11.3 Å². The standard InChI is InChI=1S/C12H10F2N2/c1-7-3-4-15-9(5-7)11-8(2)6-10(13)16-12(11)14/h3-6H,1-2H3. The number of aryl methyl sites for hydroxylation is 2. The van der Waals surface area contributed by atoms with Gasteiger partial charge in [0.15, 0.2) is 0 Å². The zero-order chi connectivity index (χ0) is 11.7. The van der Waals surface area contributed by atoms with E-state index in [1.54, 1.807) is 19.2 Å². The van der Waals surface area contributed by atoms with Crippen LogP contribution in [0.4, 0.5) is 8.78 Å². The van der Waals surface area contributed by atoms with Crippen molar-refractivity contribution in [3.63, 3.8) is 0 Å². The van der Waals surface area contributed by atoms with E-state index < -0.39 is 11.9 Å². The first-order valence-electron chi connectivity index (χ1n) is 4.83. The predicted octanol–water partition coefficient (Wildman–Crippen LogP) is 3.04. The summed E-state index contributed by atoms with van der Waals surface area (Å²) in [4.78, 5) is 7.23. The van der Waals surface area contributed by atoms with Gasteiger partial charge in [-0.1, -0.05) is 0 Å². The Bertz CT molecular complexity index is 515. The maximum Gasteiger partial charge on any atom is 0.225 e. The van der Waals surface area contributed by atoms with Crippen LogP contribution in [0, 0.1) is 25.7 Å². The lowest BCUT2D eigenvalue weighted by atomic mass is 10.1. The normalized spacial score (nSPS) is 10.5. The number of pyridine rings is 2. The molecule has 0 N–H and O–H groups in total. The molecule has 0 fully saturated rings. The fourth-order valence-electron chi connectivity index (χ4n) is 1.58.